The Kier molecular flexibility index (Phi) is 7.01. The van der Waals surface area contributed by atoms with Gasteiger partial charge in [-0.3, -0.25) is 9.59 Å². The molecule has 118 valence electrons. The van der Waals surface area contributed by atoms with E-state index in [2.05, 4.69) is 20.9 Å². The molecule has 1 aromatic heterocycles. The highest BCUT2D eigenvalue weighted by atomic mass is 16.2. The zero-order valence-corrected chi connectivity index (χ0v) is 13.2. The molecule has 7 nitrogen and oxygen atoms in total. The van der Waals surface area contributed by atoms with Gasteiger partial charge in [-0.05, 0) is 6.42 Å². The maximum absolute atomic E-state index is 11.8. The van der Waals surface area contributed by atoms with Gasteiger partial charge in [0.25, 0.3) is 0 Å². The Hall–Kier alpha value is -1.76. The Balaban J connectivity index is 2.38. The van der Waals surface area contributed by atoms with E-state index < -0.39 is 0 Å². The summed E-state index contributed by atoms with van der Waals surface area (Å²) in [7, 11) is 0. The smallest absolute Gasteiger partial charge is 0.234 e. The summed E-state index contributed by atoms with van der Waals surface area (Å²) >= 11 is 0. The number of aromatic nitrogens is 3. The van der Waals surface area contributed by atoms with Crippen LogP contribution in [0.1, 0.15) is 39.8 Å². The van der Waals surface area contributed by atoms with E-state index in [0.717, 1.165) is 6.42 Å². The molecule has 0 bridgehead atoms. The fourth-order valence-corrected chi connectivity index (χ4v) is 1.59. The third-order valence-electron chi connectivity index (χ3n) is 3.20. The molecule has 1 aromatic rings. The second kappa shape index (κ2) is 8.51. The molecule has 1 heterocycles. The molecule has 0 fully saturated rings. The van der Waals surface area contributed by atoms with Gasteiger partial charge in [-0.25, -0.2) is 4.68 Å². The van der Waals surface area contributed by atoms with Crippen LogP contribution in [0.5, 0.6) is 0 Å². The molecule has 0 aliphatic rings. The van der Waals surface area contributed by atoms with E-state index in [-0.39, 0.29) is 36.7 Å². The van der Waals surface area contributed by atoms with Crippen molar-refractivity contribution in [3.05, 3.63) is 11.9 Å². The van der Waals surface area contributed by atoms with Gasteiger partial charge in [0.1, 0.15) is 12.2 Å². The van der Waals surface area contributed by atoms with Crippen molar-refractivity contribution in [2.24, 2.45) is 5.92 Å². The molecule has 7 heteroatoms. The topological polar surface area (TPSA) is 88.9 Å². The Morgan fingerprint density at radius 2 is 2.05 bits per heavy atom. The van der Waals surface area contributed by atoms with Crippen LogP contribution in [-0.4, -0.2) is 39.3 Å². The summed E-state index contributed by atoms with van der Waals surface area (Å²) in [5, 5.41) is 13.6. The Morgan fingerprint density at radius 3 is 2.67 bits per heavy atom. The van der Waals surface area contributed by atoms with Crippen LogP contribution in [0, 0.1) is 5.92 Å². The summed E-state index contributed by atoms with van der Waals surface area (Å²) < 4.78 is 1.52. The standard InChI is InChI=1S/C14H25N5O2/c1-5-11(4)13(20)9-19-8-12(17-18-19)6-16-14(21)7-15-10(2)3/h8,10-11,15H,5-7,9H2,1-4H3,(H,16,21). The molecule has 0 aliphatic heterocycles. The Labute approximate surface area is 125 Å². The maximum atomic E-state index is 11.8. The SMILES string of the molecule is CCC(C)C(=O)Cn1cc(CNC(=O)CNC(C)C)nn1. The van der Waals surface area contributed by atoms with Crippen LogP contribution in [-0.2, 0) is 22.7 Å². The number of Topliss-reactive ketones (excluding diaryl/α,β-unsaturated/α-hetero) is 1. The minimum atomic E-state index is -0.0890. The van der Waals surface area contributed by atoms with Crippen molar-refractivity contribution in [3.63, 3.8) is 0 Å². The summed E-state index contributed by atoms with van der Waals surface area (Å²) in [6, 6.07) is 0.267. The first-order valence-corrected chi connectivity index (χ1v) is 7.34. The van der Waals surface area contributed by atoms with Crippen LogP contribution >= 0.6 is 0 Å². The number of hydrogen-bond acceptors (Lipinski definition) is 5. The van der Waals surface area contributed by atoms with Crippen molar-refractivity contribution in [3.8, 4) is 0 Å². The predicted octanol–water partition coefficient (Wildman–Crippen LogP) is 0.508. The molecular weight excluding hydrogens is 270 g/mol. The molecule has 1 atom stereocenters. The van der Waals surface area contributed by atoms with Crippen LogP contribution in [0.4, 0.5) is 0 Å². The van der Waals surface area contributed by atoms with E-state index in [1.54, 1.807) is 6.20 Å². The molecule has 0 saturated heterocycles. The monoisotopic (exact) mass is 295 g/mol. The highest BCUT2D eigenvalue weighted by Crippen LogP contribution is 2.04. The number of amides is 1. The van der Waals surface area contributed by atoms with E-state index in [1.165, 1.54) is 4.68 Å². The van der Waals surface area contributed by atoms with Gasteiger partial charge in [0, 0.05) is 12.0 Å². The lowest BCUT2D eigenvalue weighted by Gasteiger charge is -2.07. The molecular formula is C14H25N5O2. The number of carbonyl (C=O) groups excluding carboxylic acids is 2. The first kappa shape index (κ1) is 17.3. The van der Waals surface area contributed by atoms with Crippen LogP contribution in [0.3, 0.4) is 0 Å². The molecule has 1 amide bonds. The van der Waals surface area contributed by atoms with Crippen molar-refractivity contribution < 1.29 is 9.59 Å². The minimum absolute atomic E-state index is 0.0273. The van der Waals surface area contributed by atoms with Crippen LogP contribution < -0.4 is 10.6 Å². The van der Waals surface area contributed by atoms with Gasteiger partial charge in [-0.15, -0.1) is 5.10 Å². The van der Waals surface area contributed by atoms with E-state index in [0.29, 0.717) is 12.2 Å². The van der Waals surface area contributed by atoms with Crippen molar-refractivity contribution in [1.29, 1.82) is 0 Å². The lowest BCUT2D eigenvalue weighted by molar-refractivity contribution is -0.123. The number of nitrogens with one attached hydrogen (secondary N) is 2. The third-order valence-corrected chi connectivity index (χ3v) is 3.20. The zero-order chi connectivity index (χ0) is 15.8. The lowest BCUT2D eigenvalue weighted by Crippen LogP contribution is -2.36. The number of nitrogens with zero attached hydrogens (tertiary/aromatic N) is 3. The lowest BCUT2D eigenvalue weighted by atomic mass is 10.0. The Morgan fingerprint density at radius 1 is 1.33 bits per heavy atom. The van der Waals surface area contributed by atoms with E-state index in [9.17, 15) is 9.59 Å². The first-order chi connectivity index (χ1) is 9.92. The van der Waals surface area contributed by atoms with Crippen molar-refractivity contribution >= 4 is 11.7 Å². The highest BCUT2D eigenvalue weighted by Gasteiger charge is 2.12. The molecule has 0 spiro atoms. The van der Waals surface area contributed by atoms with Crippen LogP contribution in [0.2, 0.25) is 0 Å². The van der Waals surface area contributed by atoms with Gasteiger partial charge < -0.3 is 10.6 Å². The number of carbonyl (C=O) groups is 2. The molecule has 21 heavy (non-hydrogen) atoms. The van der Waals surface area contributed by atoms with Crippen molar-refractivity contribution in [2.45, 2.75) is 53.2 Å². The zero-order valence-electron chi connectivity index (χ0n) is 13.2. The first-order valence-electron chi connectivity index (χ1n) is 7.34. The Bertz CT molecular complexity index is 470. The van der Waals surface area contributed by atoms with Crippen molar-refractivity contribution in [1.82, 2.24) is 25.6 Å². The minimum Gasteiger partial charge on any atom is -0.349 e. The molecule has 1 rings (SSSR count). The summed E-state index contributed by atoms with van der Waals surface area (Å²) in [5.41, 5.74) is 0.643. The second-order valence-electron chi connectivity index (χ2n) is 5.50. The molecule has 0 aliphatic carbocycles. The van der Waals surface area contributed by atoms with Gasteiger partial charge in [0.2, 0.25) is 5.91 Å². The van der Waals surface area contributed by atoms with Gasteiger partial charge >= 0.3 is 0 Å². The van der Waals surface area contributed by atoms with Gasteiger partial charge in [-0.1, -0.05) is 32.9 Å². The fraction of sp³-hybridized carbons (Fsp3) is 0.714. The van der Waals surface area contributed by atoms with Gasteiger partial charge in [0.05, 0.1) is 19.3 Å². The molecule has 0 saturated carbocycles. The third kappa shape index (κ3) is 6.48. The van der Waals surface area contributed by atoms with Crippen LogP contribution in [0.15, 0.2) is 6.20 Å². The quantitative estimate of drug-likeness (QED) is 0.693. The van der Waals surface area contributed by atoms with E-state index in [4.69, 9.17) is 0 Å². The molecule has 2 N–H and O–H groups in total. The second-order valence-corrected chi connectivity index (χ2v) is 5.50. The predicted molar refractivity (Wildman–Crippen MR) is 79.5 cm³/mol. The van der Waals surface area contributed by atoms with Gasteiger partial charge in [-0.2, -0.15) is 0 Å². The summed E-state index contributed by atoms with van der Waals surface area (Å²) in [6.07, 6.45) is 2.51. The van der Waals surface area contributed by atoms with E-state index >= 15 is 0 Å². The normalized spacial score (nSPS) is 12.4. The van der Waals surface area contributed by atoms with Crippen molar-refractivity contribution in [2.75, 3.05) is 6.54 Å². The highest BCUT2D eigenvalue weighted by molar-refractivity contribution is 5.80. The average molecular weight is 295 g/mol. The summed E-state index contributed by atoms with van der Waals surface area (Å²) in [6.45, 7) is 8.66. The van der Waals surface area contributed by atoms with Crippen LogP contribution in [0.25, 0.3) is 0 Å². The molecule has 0 radical (unpaired) electrons. The molecule has 1 unspecified atom stereocenters. The number of rotatable bonds is 9. The summed E-state index contributed by atoms with van der Waals surface area (Å²) in [4.78, 5) is 23.4. The fourth-order valence-electron chi connectivity index (χ4n) is 1.59. The summed E-state index contributed by atoms with van der Waals surface area (Å²) in [5.74, 6) is 0.0764. The number of ketones is 1. The molecule has 0 aromatic carbocycles. The van der Waals surface area contributed by atoms with E-state index in [1.807, 2.05) is 27.7 Å². The van der Waals surface area contributed by atoms with Gasteiger partial charge in [0.15, 0.2) is 5.78 Å². The maximum Gasteiger partial charge on any atom is 0.234 e. The number of hydrogen-bond donors (Lipinski definition) is 2. The largest absolute Gasteiger partial charge is 0.349 e. The average Bonchev–Trinajstić information content (AvgIpc) is 2.89.